The molecule has 0 amide bonds. The molecule has 22 heavy (non-hydrogen) atoms. The molecule has 0 unspecified atom stereocenters. The third-order valence-electron chi connectivity index (χ3n) is 4.07. The Kier molecular flexibility index (Phi) is 4.53. The number of benzene rings is 1. The second-order valence-corrected chi connectivity index (χ2v) is 5.85. The molecular formula is C17H23N5. The molecule has 0 atom stereocenters. The average Bonchev–Trinajstić information content (AvgIpc) is 2.56. The molecule has 1 aromatic carbocycles. The standard InChI is InChI=1S/C17H23N5/c1-20-10-12-22(13-11-20)17-18-9-8-16(19-17)21(2)14-15-6-4-3-5-7-15/h3-9H,10-14H2,1-2H3. The normalized spacial score (nSPS) is 15.8. The monoisotopic (exact) mass is 297 g/mol. The first-order valence-corrected chi connectivity index (χ1v) is 7.74. The van der Waals surface area contributed by atoms with Gasteiger partial charge in [-0.1, -0.05) is 30.3 Å². The van der Waals surface area contributed by atoms with Gasteiger partial charge in [-0.2, -0.15) is 4.98 Å². The number of aromatic nitrogens is 2. The maximum Gasteiger partial charge on any atom is 0.227 e. The molecule has 0 aliphatic carbocycles. The van der Waals surface area contributed by atoms with Crippen LogP contribution in [0.1, 0.15) is 5.56 Å². The van der Waals surface area contributed by atoms with Crippen molar-refractivity contribution in [2.75, 3.05) is 50.1 Å². The van der Waals surface area contributed by atoms with Gasteiger partial charge in [0.05, 0.1) is 0 Å². The van der Waals surface area contributed by atoms with Crippen molar-refractivity contribution < 1.29 is 0 Å². The maximum absolute atomic E-state index is 4.74. The fourth-order valence-electron chi connectivity index (χ4n) is 2.65. The molecular weight excluding hydrogens is 274 g/mol. The van der Waals surface area contributed by atoms with Crippen LogP contribution in [0.25, 0.3) is 0 Å². The Hall–Kier alpha value is -2.14. The van der Waals surface area contributed by atoms with Crippen LogP contribution < -0.4 is 9.80 Å². The predicted molar refractivity (Wildman–Crippen MR) is 90.3 cm³/mol. The smallest absolute Gasteiger partial charge is 0.227 e. The number of likely N-dealkylation sites (N-methyl/N-ethyl adjacent to an activating group) is 1. The van der Waals surface area contributed by atoms with Crippen molar-refractivity contribution in [3.8, 4) is 0 Å². The van der Waals surface area contributed by atoms with Crippen molar-refractivity contribution >= 4 is 11.8 Å². The third kappa shape index (κ3) is 3.54. The molecule has 116 valence electrons. The van der Waals surface area contributed by atoms with Gasteiger partial charge in [0, 0.05) is 46.0 Å². The number of nitrogens with zero attached hydrogens (tertiary/aromatic N) is 5. The summed E-state index contributed by atoms with van der Waals surface area (Å²) in [5, 5.41) is 0. The SMILES string of the molecule is CN1CCN(c2nccc(N(C)Cc3ccccc3)n2)CC1. The lowest BCUT2D eigenvalue weighted by atomic mass is 10.2. The van der Waals surface area contributed by atoms with E-state index >= 15 is 0 Å². The molecule has 1 aliphatic rings. The van der Waals surface area contributed by atoms with E-state index in [0.29, 0.717) is 0 Å². The highest BCUT2D eigenvalue weighted by Crippen LogP contribution is 2.17. The number of hydrogen-bond donors (Lipinski definition) is 0. The summed E-state index contributed by atoms with van der Waals surface area (Å²) in [4.78, 5) is 15.9. The Morgan fingerprint density at radius 1 is 1.05 bits per heavy atom. The van der Waals surface area contributed by atoms with Crippen LogP contribution in [0.2, 0.25) is 0 Å². The van der Waals surface area contributed by atoms with Crippen LogP contribution in [-0.2, 0) is 6.54 Å². The Morgan fingerprint density at radius 2 is 1.77 bits per heavy atom. The largest absolute Gasteiger partial charge is 0.355 e. The van der Waals surface area contributed by atoms with E-state index in [-0.39, 0.29) is 0 Å². The first-order valence-electron chi connectivity index (χ1n) is 7.74. The van der Waals surface area contributed by atoms with Gasteiger partial charge in [-0.3, -0.25) is 0 Å². The lowest BCUT2D eigenvalue weighted by Crippen LogP contribution is -2.45. The predicted octanol–water partition coefficient (Wildman–Crippen LogP) is 1.86. The van der Waals surface area contributed by atoms with Crippen molar-refractivity contribution in [1.29, 1.82) is 0 Å². The highest BCUT2D eigenvalue weighted by molar-refractivity contribution is 5.44. The number of anilines is 2. The Labute approximate surface area is 132 Å². The van der Waals surface area contributed by atoms with Crippen molar-refractivity contribution in [3.05, 3.63) is 48.2 Å². The first kappa shape index (κ1) is 14.8. The second kappa shape index (κ2) is 6.75. The van der Waals surface area contributed by atoms with Gasteiger partial charge in [0.1, 0.15) is 5.82 Å². The maximum atomic E-state index is 4.74. The van der Waals surface area contributed by atoms with Crippen molar-refractivity contribution in [2.24, 2.45) is 0 Å². The van der Waals surface area contributed by atoms with Crippen molar-refractivity contribution in [1.82, 2.24) is 14.9 Å². The lowest BCUT2D eigenvalue weighted by molar-refractivity contribution is 0.311. The van der Waals surface area contributed by atoms with E-state index in [2.05, 4.69) is 58.0 Å². The first-order chi connectivity index (χ1) is 10.7. The molecule has 0 saturated carbocycles. The molecule has 5 nitrogen and oxygen atoms in total. The summed E-state index contributed by atoms with van der Waals surface area (Å²) in [6, 6.07) is 12.4. The summed E-state index contributed by atoms with van der Waals surface area (Å²) in [7, 11) is 4.23. The highest BCUT2D eigenvalue weighted by Gasteiger charge is 2.17. The van der Waals surface area contributed by atoms with E-state index < -0.39 is 0 Å². The summed E-state index contributed by atoms with van der Waals surface area (Å²) in [6.07, 6.45) is 1.86. The molecule has 5 heteroatoms. The van der Waals surface area contributed by atoms with E-state index in [1.807, 2.05) is 18.3 Å². The second-order valence-electron chi connectivity index (χ2n) is 5.85. The zero-order chi connectivity index (χ0) is 15.4. The molecule has 1 saturated heterocycles. The third-order valence-corrected chi connectivity index (χ3v) is 4.07. The molecule has 0 radical (unpaired) electrons. The molecule has 2 heterocycles. The molecule has 1 fully saturated rings. The summed E-state index contributed by atoms with van der Waals surface area (Å²) < 4.78 is 0. The number of piperazine rings is 1. The fraction of sp³-hybridized carbons (Fsp3) is 0.412. The summed E-state index contributed by atoms with van der Waals surface area (Å²) in [5.74, 6) is 1.80. The van der Waals surface area contributed by atoms with Crippen LogP contribution in [0.5, 0.6) is 0 Å². The quantitative estimate of drug-likeness (QED) is 0.861. The Bertz CT molecular complexity index is 593. The van der Waals surface area contributed by atoms with Crippen LogP contribution in [0.4, 0.5) is 11.8 Å². The van der Waals surface area contributed by atoms with Crippen LogP contribution in [0.3, 0.4) is 0 Å². The summed E-state index contributed by atoms with van der Waals surface area (Å²) in [6.45, 7) is 4.95. The highest BCUT2D eigenvalue weighted by atomic mass is 15.3. The van der Waals surface area contributed by atoms with Gasteiger partial charge in [-0.05, 0) is 18.7 Å². The Balaban J connectivity index is 1.70. The van der Waals surface area contributed by atoms with Crippen molar-refractivity contribution in [3.63, 3.8) is 0 Å². The van der Waals surface area contributed by atoms with Gasteiger partial charge in [0.15, 0.2) is 0 Å². The minimum Gasteiger partial charge on any atom is -0.355 e. The lowest BCUT2D eigenvalue weighted by Gasteiger charge is -2.32. The van der Waals surface area contributed by atoms with E-state index in [9.17, 15) is 0 Å². The van der Waals surface area contributed by atoms with E-state index in [1.54, 1.807) is 0 Å². The van der Waals surface area contributed by atoms with E-state index in [4.69, 9.17) is 4.98 Å². The van der Waals surface area contributed by atoms with Gasteiger partial charge >= 0.3 is 0 Å². The topological polar surface area (TPSA) is 35.5 Å². The number of rotatable bonds is 4. The minimum atomic E-state index is 0.838. The molecule has 1 aliphatic heterocycles. The zero-order valence-electron chi connectivity index (χ0n) is 13.3. The molecule has 2 aromatic rings. The van der Waals surface area contributed by atoms with Gasteiger partial charge in [0.25, 0.3) is 0 Å². The molecule has 3 rings (SSSR count). The summed E-state index contributed by atoms with van der Waals surface area (Å²) in [5.41, 5.74) is 1.28. The van der Waals surface area contributed by atoms with Gasteiger partial charge in [-0.15, -0.1) is 0 Å². The van der Waals surface area contributed by atoms with Gasteiger partial charge in [-0.25, -0.2) is 4.98 Å². The van der Waals surface area contributed by atoms with Crippen LogP contribution in [0, 0.1) is 0 Å². The molecule has 0 spiro atoms. The number of hydrogen-bond acceptors (Lipinski definition) is 5. The van der Waals surface area contributed by atoms with Gasteiger partial charge < -0.3 is 14.7 Å². The average molecular weight is 297 g/mol. The minimum absolute atomic E-state index is 0.838. The Morgan fingerprint density at radius 3 is 2.50 bits per heavy atom. The van der Waals surface area contributed by atoms with E-state index in [0.717, 1.165) is 44.5 Å². The van der Waals surface area contributed by atoms with Crippen LogP contribution in [0.15, 0.2) is 42.6 Å². The summed E-state index contributed by atoms with van der Waals surface area (Å²) >= 11 is 0. The van der Waals surface area contributed by atoms with Gasteiger partial charge in [0.2, 0.25) is 5.95 Å². The van der Waals surface area contributed by atoms with Crippen molar-refractivity contribution in [2.45, 2.75) is 6.54 Å². The zero-order valence-corrected chi connectivity index (χ0v) is 13.3. The van der Waals surface area contributed by atoms with Crippen LogP contribution in [-0.4, -0.2) is 55.1 Å². The molecule has 0 bridgehead atoms. The fourth-order valence-corrected chi connectivity index (χ4v) is 2.65. The van der Waals surface area contributed by atoms with E-state index in [1.165, 1.54) is 5.56 Å². The molecule has 1 aromatic heterocycles. The van der Waals surface area contributed by atoms with Crippen LogP contribution >= 0.6 is 0 Å². The molecule has 0 N–H and O–H groups in total.